The summed E-state index contributed by atoms with van der Waals surface area (Å²) in [5.41, 5.74) is 2.02. The first-order valence-electron chi connectivity index (χ1n) is 9.00. The van der Waals surface area contributed by atoms with E-state index in [1.807, 2.05) is 13.0 Å². The van der Waals surface area contributed by atoms with Gasteiger partial charge in [-0.2, -0.15) is 0 Å². The van der Waals surface area contributed by atoms with Crippen molar-refractivity contribution in [1.29, 1.82) is 10.8 Å². The van der Waals surface area contributed by atoms with E-state index in [9.17, 15) is 4.79 Å². The Morgan fingerprint density at radius 2 is 1.83 bits per heavy atom. The molecule has 0 radical (unpaired) electrons. The van der Waals surface area contributed by atoms with Crippen LogP contribution in [0.4, 0.5) is 0 Å². The van der Waals surface area contributed by atoms with Gasteiger partial charge in [0, 0.05) is 22.7 Å². The van der Waals surface area contributed by atoms with Crippen molar-refractivity contribution in [2.75, 3.05) is 6.61 Å². The van der Waals surface area contributed by atoms with E-state index in [-0.39, 0.29) is 17.0 Å². The fourth-order valence-corrected chi connectivity index (χ4v) is 3.28. The van der Waals surface area contributed by atoms with Gasteiger partial charge in [0.1, 0.15) is 0 Å². The van der Waals surface area contributed by atoms with Crippen molar-refractivity contribution in [2.45, 2.75) is 6.92 Å². The average Bonchev–Trinajstić information content (AvgIpc) is 2.71. The number of rotatable bonds is 4. The van der Waals surface area contributed by atoms with Gasteiger partial charge in [-0.1, -0.05) is 23.7 Å². The van der Waals surface area contributed by atoms with Crippen LogP contribution in [0.2, 0.25) is 5.02 Å². The van der Waals surface area contributed by atoms with E-state index in [2.05, 4.69) is 4.98 Å². The number of benzene rings is 1. The second-order valence-electron chi connectivity index (χ2n) is 6.44. The standard InChI is InChI=1S/C22H17ClN4O2/c1-2-29-19-10-5-14-12-27(16-8-9-17(24)18(25)11-16)22(28)20(21(14)26-19)13-3-6-15(23)7-4-13/h3-12,24-25H,2H2,1H3. The van der Waals surface area contributed by atoms with E-state index >= 15 is 0 Å². The largest absolute Gasteiger partial charge is 0.478 e. The van der Waals surface area contributed by atoms with Crippen molar-refractivity contribution in [3.05, 3.63) is 76.2 Å². The van der Waals surface area contributed by atoms with Crippen molar-refractivity contribution < 1.29 is 4.74 Å². The molecule has 0 spiro atoms. The van der Waals surface area contributed by atoms with Crippen LogP contribution in [0, 0.1) is 10.8 Å². The second kappa shape index (κ2) is 7.48. The number of allylic oxidation sites excluding steroid dienone is 4. The topological polar surface area (TPSA) is 91.8 Å². The fraction of sp³-hybridized carbons (Fsp3) is 0.0909. The lowest BCUT2D eigenvalue weighted by atomic mass is 10.0. The summed E-state index contributed by atoms with van der Waals surface area (Å²) in [7, 11) is 0. The molecule has 144 valence electrons. The molecule has 0 bridgehead atoms. The predicted molar refractivity (Wildman–Crippen MR) is 116 cm³/mol. The molecule has 1 aliphatic carbocycles. The third-order valence-corrected chi connectivity index (χ3v) is 4.80. The number of nitrogens with zero attached hydrogens (tertiary/aromatic N) is 2. The van der Waals surface area contributed by atoms with E-state index < -0.39 is 0 Å². The Kier molecular flexibility index (Phi) is 4.86. The van der Waals surface area contributed by atoms with Crippen molar-refractivity contribution >= 4 is 39.6 Å². The molecule has 0 saturated carbocycles. The minimum absolute atomic E-state index is 0.0485. The Labute approximate surface area is 171 Å². The molecule has 29 heavy (non-hydrogen) atoms. The van der Waals surface area contributed by atoms with Crippen LogP contribution >= 0.6 is 11.6 Å². The van der Waals surface area contributed by atoms with Crippen LogP contribution in [-0.2, 0) is 0 Å². The van der Waals surface area contributed by atoms with Gasteiger partial charge in [0.25, 0.3) is 5.56 Å². The van der Waals surface area contributed by atoms with Gasteiger partial charge in [-0.15, -0.1) is 0 Å². The third-order valence-electron chi connectivity index (χ3n) is 4.54. The molecule has 0 saturated heterocycles. The van der Waals surface area contributed by atoms with E-state index in [0.29, 0.717) is 39.9 Å². The highest BCUT2D eigenvalue weighted by molar-refractivity contribution is 6.50. The Balaban J connectivity index is 2.03. The first-order chi connectivity index (χ1) is 14.0. The lowest BCUT2D eigenvalue weighted by Crippen LogP contribution is -2.23. The average molecular weight is 405 g/mol. The maximum absolute atomic E-state index is 13.5. The molecule has 0 atom stereocenters. The molecule has 1 aliphatic rings. The highest BCUT2D eigenvalue weighted by Crippen LogP contribution is 2.28. The summed E-state index contributed by atoms with van der Waals surface area (Å²) in [5.74, 6) is 0.444. The lowest BCUT2D eigenvalue weighted by molar-refractivity contribution is 0.328. The van der Waals surface area contributed by atoms with Crippen molar-refractivity contribution in [1.82, 2.24) is 9.55 Å². The molecule has 2 N–H and O–H groups in total. The maximum atomic E-state index is 13.5. The summed E-state index contributed by atoms with van der Waals surface area (Å²) in [6.45, 7) is 2.34. The van der Waals surface area contributed by atoms with Crippen LogP contribution in [0.25, 0.3) is 27.7 Å². The molecule has 0 fully saturated rings. The molecule has 7 heteroatoms. The Bertz CT molecular complexity index is 1270. The van der Waals surface area contributed by atoms with Crippen LogP contribution in [-0.4, -0.2) is 27.6 Å². The molecule has 1 aromatic carbocycles. The highest BCUT2D eigenvalue weighted by atomic mass is 35.5. The van der Waals surface area contributed by atoms with Crippen LogP contribution in [0.5, 0.6) is 5.88 Å². The van der Waals surface area contributed by atoms with Crippen LogP contribution < -0.4 is 10.3 Å². The van der Waals surface area contributed by atoms with Gasteiger partial charge in [0.2, 0.25) is 5.88 Å². The first-order valence-corrected chi connectivity index (χ1v) is 9.38. The maximum Gasteiger partial charge on any atom is 0.265 e. The van der Waals surface area contributed by atoms with Crippen molar-refractivity contribution in [3.63, 3.8) is 0 Å². The van der Waals surface area contributed by atoms with Gasteiger partial charge in [0.05, 0.1) is 34.8 Å². The number of hydrogen-bond acceptors (Lipinski definition) is 5. The first kappa shape index (κ1) is 18.8. The molecule has 2 aromatic heterocycles. The summed E-state index contributed by atoms with van der Waals surface area (Å²) in [6, 6.07) is 10.6. The minimum Gasteiger partial charge on any atom is -0.478 e. The zero-order chi connectivity index (χ0) is 20.5. The van der Waals surface area contributed by atoms with Crippen molar-refractivity contribution in [2.24, 2.45) is 0 Å². The normalized spacial score (nSPS) is 13.7. The molecule has 0 unspecified atom stereocenters. The van der Waals surface area contributed by atoms with E-state index in [1.165, 1.54) is 16.7 Å². The number of ether oxygens (including phenoxy) is 1. The summed E-state index contributed by atoms with van der Waals surface area (Å²) in [4.78, 5) is 18.0. The number of nitrogens with one attached hydrogen (secondary N) is 2. The summed E-state index contributed by atoms with van der Waals surface area (Å²) in [6.07, 6.45) is 6.36. The quantitative estimate of drug-likeness (QED) is 0.624. The smallest absolute Gasteiger partial charge is 0.265 e. The molecule has 4 rings (SSSR count). The predicted octanol–water partition coefficient (Wildman–Crippen LogP) is 4.57. The molecule has 3 aromatic rings. The molecular weight excluding hydrogens is 388 g/mol. The highest BCUT2D eigenvalue weighted by Gasteiger charge is 2.17. The van der Waals surface area contributed by atoms with Gasteiger partial charge >= 0.3 is 0 Å². The summed E-state index contributed by atoms with van der Waals surface area (Å²) < 4.78 is 7.00. The van der Waals surface area contributed by atoms with Crippen molar-refractivity contribution in [3.8, 4) is 17.0 Å². The number of aromatic nitrogens is 2. The van der Waals surface area contributed by atoms with Gasteiger partial charge < -0.3 is 4.74 Å². The van der Waals surface area contributed by atoms with Gasteiger partial charge in [0.15, 0.2) is 0 Å². The van der Waals surface area contributed by atoms with Gasteiger partial charge in [-0.25, -0.2) is 4.98 Å². The Morgan fingerprint density at radius 1 is 1.07 bits per heavy atom. The Morgan fingerprint density at radius 3 is 2.52 bits per heavy atom. The van der Waals surface area contributed by atoms with Crippen LogP contribution in [0.3, 0.4) is 0 Å². The third kappa shape index (κ3) is 3.50. The lowest BCUT2D eigenvalue weighted by Gasteiger charge is -2.15. The van der Waals surface area contributed by atoms with Crippen LogP contribution in [0.15, 0.2) is 65.6 Å². The Hall–Kier alpha value is -3.51. The zero-order valence-corrected chi connectivity index (χ0v) is 16.3. The van der Waals surface area contributed by atoms with E-state index in [1.54, 1.807) is 42.6 Å². The van der Waals surface area contributed by atoms with E-state index in [0.717, 1.165) is 5.39 Å². The molecular formula is C22H17ClN4O2. The summed E-state index contributed by atoms with van der Waals surface area (Å²) in [5, 5.41) is 16.9. The molecule has 0 aliphatic heterocycles. The number of pyridine rings is 2. The van der Waals surface area contributed by atoms with Crippen LogP contribution in [0.1, 0.15) is 6.92 Å². The van der Waals surface area contributed by atoms with Gasteiger partial charge in [-0.05, 0) is 48.9 Å². The number of halogens is 1. The number of fused-ring (bicyclic) bond motifs is 1. The SMILES string of the molecule is CCOc1ccc2cn(C3=CC(=N)C(=N)C=C3)c(=O)c(-c3ccc(Cl)cc3)c2n1. The minimum atomic E-state index is -0.280. The monoisotopic (exact) mass is 404 g/mol. The second-order valence-corrected chi connectivity index (χ2v) is 6.87. The van der Waals surface area contributed by atoms with E-state index in [4.69, 9.17) is 27.2 Å². The molecule has 6 nitrogen and oxygen atoms in total. The molecule has 0 amide bonds. The molecule has 2 heterocycles. The number of hydrogen-bond donors (Lipinski definition) is 2. The summed E-state index contributed by atoms with van der Waals surface area (Å²) >= 11 is 6.03. The zero-order valence-electron chi connectivity index (χ0n) is 15.6. The van der Waals surface area contributed by atoms with Gasteiger partial charge in [-0.3, -0.25) is 20.2 Å². The fourth-order valence-electron chi connectivity index (χ4n) is 3.15.